The number of aromatic nitrogens is 2. The summed E-state index contributed by atoms with van der Waals surface area (Å²) >= 11 is 0. The second-order valence-corrected chi connectivity index (χ2v) is 4.14. The molecule has 0 atom stereocenters. The van der Waals surface area contributed by atoms with E-state index in [1.165, 1.54) is 0 Å². The molecule has 0 aliphatic rings. The number of ether oxygens (including phenoxy) is 1. The van der Waals surface area contributed by atoms with Crippen LogP contribution in [-0.2, 0) is 16.9 Å². The molecule has 86 valence electrons. The van der Waals surface area contributed by atoms with Gasteiger partial charge in [0.25, 0.3) is 5.89 Å². The van der Waals surface area contributed by atoms with Gasteiger partial charge in [0.1, 0.15) is 6.61 Å². The first-order valence-electron chi connectivity index (χ1n) is 5.23. The number of nitrogens with two attached hydrogens (primary N) is 1. The van der Waals surface area contributed by atoms with Gasteiger partial charge in [0, 0.05) is 6.61 Å². The molecule has 0 unspecified atom stereocenters. The van der Waals surface area contributed by atoms with E-state index in [-0.39, 0.29) is 0 Å². The topological polar surface area (TPSA) is 74.2 Å². The SMILES string of the molecule is CCCCOCc1nc(C(C)(C)N)no1. The minimum absolute atomic E-state index is 0.364. The van der Waals surface area contributed by atoms with Crippen LogP contribution in [0.2, 0.25) is 0 Å². The van der Waals surface area contributed by atoms with Gasteiger partial charge < -0.3 is 15.0 Å². The first kappa shape index (κ1) is 12.1. The summed E-state index contributed by atoms with van der Waals surface area (Å²) in [7, 11) is 0. The van der Waals surface area contributed by atoms with Gasteiger partial charge in [-0.3, -0.25) is 0 Å². The van der Waals surface area contributed by atoms with E-state index < -0.39 is 5.54 Å². The van der Waals surface area contributed by atoms with Gasteiger partial charge in [-0.25, -0.2) is 0 Å². The second kappa shape index (κ2) is 5.23. The first-order valence-corrected chi connectivity index (χ1v) is 5.23. The van der Waals surface area contributed by atoms with Crippen LogP contribution < -0.4 is 5.73 Å². The van der Waals surface area contributed by atoms with Crippen molar-refractivity contribution >= 4 is 0 Å². The molecule has 5 nitrogen and oxygen atoms in total. The summed E-state index contributed by atoms with van der Waals surface area (Å²) in [4.78, 5) is 4.15. The molecule has 1 rings (SSSR count). The highest BCUT2D eigenvalue weighted by molar-refractivity contribution is 4.98. The lowest BCUT2D eigenvalue weighted by atomic mass is 10.1. The monoisotopic (exact) mass is 213 g/mol. The molecular formula is C10H19N3O2. The average Bonchev–Trinajstić information content (AvgIpc) is 2.60. The Bertz CT molecular complexity index is 291. The fraction of sp³-hybridized carbons (Fsp3) is 0.800. The molecule has 1 heterocycles. The molecule has 5 heteroatoms. The molecular weight excluding hydrogens is 194 g/mol. The van der Waals surface area contributed by atoms with Gasteiger partial charge >= 0.3 is 0 Å². The largest absolute Gasteiger partial charge is 0.372 e. The van der Waals surface area contributed by atoms with Gasteiger partial charge in [-0.05, 0) is 20.3 Å². The molecule has 15 heavy (non-hydrogen) atoms. The van der Waals surface area contributed by atoms with Gasteiger partial charge in [0.2, 0.25) is 0 Å². The Hall–Kier alpha value is -0.940. The quantitative estimate of drug-likeness (QED) is 0.726. The third-order valence-corrected chi connectivity index (χ3v) is 1.91. The summed E-state index contributed by atoms with van der Waals surface area (Å²) < 4.78 is 10.4. The van der Waals surface area contributed by atoms with E-state index in [2.05, 4.69) is 17.1 Å². The standard InChI is InChI=1S/C10H19N3O2/c1-4-5-6-14-7-8-12-9(13-15-8)10(2,3)11/h4-7,11H2,1-3H3. The number of unbranched alkanes of at least 4 members (excludes halogenated alkanes) is 1. The summed E-state index contributed by atoms with van der Waals surface area (Å²) in [6, 6.07) is 0. The lowest BCUT2D eigenvalue weighted by Gasteiger charge is -2.11. The van der Waals surface area contributed by atoms with E-state index in [9.17, 15) is 0 Å². The van der Waals surface area contributed by atoms with Crippen LogP contribution >= 0.6 is 0 Å². The van der Waals surface area contributed by atoms with Crippen molar-refractivity contribution in [2.45, 2.75) is 45.8 Å². The van der Waals surface area contributed by atoms with E-state index in [4.69, 9.17) is 15.0 Å². The molecule has 0 radical (unpaired) electrons. The van der Waals surface area contributed by atoms with Crippen LogP contribution in [0.3, 0.4) is 0 Å². The van der Waals surface area contributed by atoms with Gasteiger partial charge in [0.15, 0.2) is 5.82 Å². The number of nitrogens with zero attached hydrogens (tertiary/aromatic N) is 2. The summed E-state index contributed by atoms with van der Waals surface area (Å²) in [5.74, 6) is 0.996. The van der Waals surface area contributed by atoms with Crippen LogP contribution in [0.4, 0.5) is 0 Å². The smallest absolute Gasteiger partial charge is 0.252 e. The van der Waals surface area contributed by atoms with Crippen molar-refractivity contribution in [1.29, 1.82) is 0 Å². The Morgan fingerprint density at radius 3 is 2.73 bits per heavy atom. The Labute approximate surface area is 90.0 Å². The molecule has 0 saturated heterocycles. The molecule has 1 aromatic heterocycles. The predicted molar refractivity (Wildman–Crippen MR) is 56.1 cm³/mol. The fourth-order valence-corrected chi connectivity index (χ4v) is 0.981. The van der Waals surface area contributed by atoms with Crippen LogP contribution in [-0.4, -0.2) is 16.7 Å². The average molecular weight is 213 g/mol. The minimum Gasteiger partial charge on any atom is -0.372 e. The van der Waals surface area contributed by atoms with E-state index in [0.717, 1.165) is 19.4 Å². The van der Waals surface area contributed by atoms with Crippen molar-refractivity contribution in [3.05, 3.63) is 11.7 Å². The predicted octanol–water partition coefficient (Wildman–Crippen LogP) is 1.58. The second-order valence-electron chi connectivity index (χ2n) is 4.14. The summed E-state index contributed by atoms with van der Waals surface area (Å²) in [5.41, 5.74) is 5.26. The maximum Gasteiger partial charge on any atom is 0.252 e. The summed E-state index contributed by atoms with van der Waals surface area (Å²) in [6.45, 7) is 6.87. The molecule has 0 bridgehead atoms. The van der Waals surface area contributed by atoms with E-state index >= 15 is 0 Å². The van der Waals surface area contributed by atoms with Gasteiger partial charge in [0.05, 0.1) is 5.54 Å². The molecule has 0 fully saturated rings. The van der Waals surface area contributed by atoms with Gasteiger partial charge in [-0.15, -0.1) is 0 Å². The molecule has 1 aromatic rings. The Morgan fingerprint density at radius 1 is 1.47 bits per heavy atom. The zero-order valence-corrected chi connectivity index (χ0v) is 9.62. The third-order valence-electron chi connectivity index (χ3n) is 1.91. The number of rotatable bonds is 6. The highest BCUT2D eigenvalue weighted by Crippen LogP contribution is 2.12. The van der Waals surface area contributed by atoms with Crippen LogP contribution in [0.5, 0.6) is 0 Å². The highest BCUT2D eigenvalue weighted by Gasteiger charge is 2.21. The lowest BCUT2D eigenvalue weighted by molar-refractivity contribution is 0.0953. The van der Waals surface area contributed by atoms with Crippen molar-refractivity contribution < 1.29 is 9.26 Å². The summed E-state index contributed by atoms with van der Waals surface area (Å²) in [6.07, 6.45) is 2.16. The normalized spacial score (nSPS) is 12.0. The van der Waals surface area contributed by atoms with Gasteiger partial charge in [-0.2, -0.15) is 4.98 Å². The highest BCUT2D eigenvalue weighted by atomic mass is 16.5. The van der Waals surface area contributed by atoms with Gasteiger partial charge in [-0.1, -0.05) is 18.5 Å². The molecule has 0 aliphatic heterocycles. The number of hydrogen-bond acceptors (Lipinski definition) is 5. The van der Waals surface area contributed by atoms with Crippen molar-refractivity contribution in [1.82, 2.24) is 10.1 Å². The van der Waals surface area contributed by atoms with E-state index in [0.29, 0.717) is 18.3 Å². The molecule has 0 spiro atoms. The third kappa shape index (κ3) is 3.97. The van der Waals surface area contributed by atoms with Crippen LogP contribution in [0.1, 0.15) is 45.3 Å². The molecule has 0 aliphatic carbocycles. The van der Waals surface area contributed by atoms with Crippen molar-refractivity contribution in [3.63, 3.8) is 0 Å². The fourth-order valence-electron chi connectivity index (χ4n) is 0.981. The van der Waals surface area contributed by atoms with Crippen molar-refractivity contribution in [2.75, 3.05) is 6.61 Å². The molecule has 0 aromatic carbocycles. The number of hydrogen-bond donors (Lipinski definition) is 1. The van der Waals surface area contributed by atoms with Crippen molar-refractivity contribution in [2.24, 2.45) is 5.73 Å². The minimum atomic E-state index is -0.564. The molecule has 2 N–H and O–H groups in total. The van der Waals surface area contributed by atoms with Crippen LogP contribution in [0, 0.1) is 0 Å². The maximum atomic E-state index is 5.82. The van der Waals surface area contributed by atoms with E-state index in [1.54, 1.807) is 0 Å². The summed E-state index contributed by atoms with van der Waals surface area (Å²) in [5, 5.41) is 3.80. The Kier molecular flexibility index (Phi) is 4.23. The first-order chi connectivity index (χ1) is 7.04. The Morgan fingerprint density at radius 2 is 2.20 bits per heavy atom. The van der Waals surface area contributed by atoms with Crippen LogP contribution in [0.25, 0.3) is 0 Å². The maximum absolute atomic E-state index is 5.82. The molecule has 0 amide bonds. The van der Waals surface area contributed by atoms with Crippen LogP contribution in [0.15, 0.2) is 4.52 Å². The van der Waals surface area contributed by atoms with E-state index in [1.807, 2.05) is 13.8 Å². The Balaban J connectivity index is 2.40. The van der Waals surface area contributed by atoms with Crippen molar-refractivity contribution in [3.8, 4) is 0 Å². The zero-order valence-electron chi connectivity index (χ0n) is 9.62. The zero-order chi connectivity index (χ0) is 11.3. The lowest BCUT2D eigenvalue weighted by Crippen LogP contribution is -2.30. The molecule has 0 saturated carbocycles.